The number of aryl methyl sites for hydroxylation is 1. The number of amides is 1. The third-order valence-corrected chi connectivity index (χ3v) is 9.83. The molecule has 2 aliphatic heterocycles. The van der Waals surface area contributed by atoms with E-state index in [-0.39, 0.29) is 42.2 Å². The summed E-state index contributed by atoms with van der Waals surface area (Å²) >= 11 is 0. The van der Waals surface area contributed by atoms with Crippen LogP contribution in [0.2, 0.25) is 0 Å². The van der Waals surface area contributed by atoms with Crippen LogP contribution in [0.25, 0.3) is 5.82 Å². The normalized spacial score (nSPS) is 20.9. The molecule has 0 saturated heterocycles. The minimum Gasteiger partial charge on any atom is -0.477 e. The molecule has 6 rings (SSSR count). The van der Waals surface area contributed by atoms with Crippen LogP contribution in [0, 0.1) is 5.41 Å². The van der Waals surface area contributed by atoms with E-state index in [9.17, 15) is 26.4 Å². The molecule has 3 aromatic rings. The molecule has 3 aromatic heterocycles. The highest BCUT2D eigenvalue weighted by atomic mass is 32.2. The van der Waals surface area contributed by atoms with Crippen molar-refractivity contribution in [2.75, 3.05) is 18.1 Å². The van der Waals surface area contributed by atoms with Crippen molar-refractivity contribution in [1.29, 1.82) is 0 Å². The Balaban J connectivity index is 1.34. The first-order chi connectivity index (χ1) is 19.8. The van der Waals surface area contributed by atoms with E-state index in [1.54, 1.807) is 10.9 Å². The summed E-state index contributed by atoms with van der Waals surface area (Å²) in [5, 5.41) is 8.68. The van der Waals surface area contributed by atoms with E-state index in [0.717, 1.165) is 19.3 Å². The van der Waals surface area contributed by atoms with Crippen molar-refractivity contribution < 1.29 is 31.1 Å². The van der Waals surface area contributed by atoms with Crippen molar-refractivity contribution in [2.24, 2.45) is 5.41 Å². The molecule has 3 aliphatic rings. The van der Waals surface area contributed by atoms with Crippen molar-refractivity contribution in [2.45, 2.75) is 81.9 Å². The number of alkyl halides is 3. The quantitative estimate of drug-likeness (QED) is 0.462. The van der Waals surface area contributed by atoms with E-state index in [1.165, 1.54) is 29.1 Å². The fourth-order valence-corrected chi connectivity index (χ4v) is 6.91. The van der Waals surface area contributed by atoms with Crippen LogP contribution in [0.1, 0.15) is 68.4 Å². The number of carbonyl (C=O) groups is 1. The highest BCUT2D eigenvalue weighted by molar-refractivity contribution is 7.90. The van der Waals surface area contributed by atoms with Gasteiger partial charge in [-0.15, -0.1) is 5.10 Å². The monoisotopic (exact) mass is 607 g/mol. The van der Waals surface area contributed by atoms with Gasteiger partial charge in [0.25, 0.3) is 15.9 Å². The molecule has 1 saturated carbocycles. The molecule has 1 N–H and O–H groups in total. The molecule has 0 spiro atoms. The summed E-state index contributed by atoms with van der Waals surface area (Å²) in [6.45, 7) is 4.99. The van der Waals surface area contributed by atoms with Crippen molar-refractivity contribution in [3.63, 3.8) is 0 Å². The van der Waals surface area contributed by atoms with Crippen LogP contribution in [-0.2, 0) is 23.0 Å². The SMILES string of the molecule is CC1(C)Cc2c3cnn2CCCCCN1c1nc(-n2ccc(OCCC4(C(F)(F)F)CC4)n2)ccc1C(=O)NS3(=O)=O. The van der Waals surface area contributed by atoms with Gasteiger partial charge in [-0.25, -0.2) is 22.8 Å². The first-order valence-corrected chi connectivity index (χ1v) is 15.4. The second kappa shape index (κ2) is 9.99. The predicted octanol–water partition coefficient (Wildman–Crippen LogP) is 4.02. The molecule has 42 heavy (non-hydrogen) atoms. The van der Waals surface area contributed by atoms with Crippen molar-refractivity contribution >= 4 is 21.7 Å². The van der Waals surface area contributed by atoms with Gasteiger partial charge < -0.3 is 9.64 Å². The van der Waals surface area contributed by atoms with E-state index in [1.807, 2.05) is 18.7 Å². The largest absolute Gasteiger partial charge is 0.477 e. The molecule has 2 bridgehead atoms. The highest BCUT2D eigenvalue weighted by Gasteiger charge is 2.62. The number of halogens is 3. The Hall–Kier alpha value is -3.62. The van der Waals surface area contributed by atoms with Gasteiger partial charge in [0.1, 0.15) is 10.7 Å². The number of hydrogen-bond donors (Lipinski definition) is 1. The maximum Gasteiger partial charge on any atom is 0.394 e. The standard InChI is InChI=1S/C27H32F3N7O4S/c1-25(2)16-19-20-17-31-36(19)13-5-3-4-12-35(25)23-18(24(38)34-42(20,39)40)6-7-21(32-23)37-14-8-22(33-37)41-15-11-26(9-10-26)27(28,29)30/h6-8,14,17H,3-5,9-13,15-16H2,1-2H3,(H,34,38). The summed E-state index contributed by atoms with van der Waals surface area (Å²) in [7, 11) is -4.20. The van der Waals surface area contributed by atoms with E-state index in [0.29, 0.717) is 36.8 Å². The molecule has 1 amide bonds. The van der Waals surface area contributed by atoms with Gasteiger partial charge in [0.15, 0.2) is 5.82 Å². The van der Waals surface area contributed by atoms with E-state index in [2.05, 4.69) is 14.9 Å². The van der Waals surface area contributed by atoms with Crippen LogP contribution in [0.5, 0.6) is 5.88 Å². The number of fused-ring (bicyclic) bond motifs is 4. The Labute approximate surface area is 241 Å². The molecule has 226 valence electrons. The summed E-state index contributed by atoms with van der Waals surface area (Å²) in [5.41, 5.74) is -1.70. The molecule has 15 heteroatoms. The lowest BCUT2D eigenvalue weighted by Gasteiger charge is -2.41. The van der Waals surface area contributed by atoms with Gasteiger partial charge in [-0.2, -0.15) is 18.3 Å². The summed E-state index contributed by atoms with van der Waals surface area (Å²) < 4.78 is 77.2. The number of ether oxygens (including phenoxy) is 1. The maximum absolute atomic E-state index is 13.4. The third-order valence-electron chi connectivity index (χ3n) is 8.45. The fraction of sp³-hybridized carbons (Fsp3) is 0.556. The molecular formula is C27H32F3N7O4S. The van der Waals surface area contributed by atoms with Crippen molar-refractivity contribution in [3.8, 4) is 11.7 Å². The Morgan fingerprint density at radius 2 is 1.86 bits per heavy atom. The number of nitrogens with one attached hydrogen (secondary N) is 1. The lowest BCUT2D eigenvalue weighted by Crippen LogP contribution is -2.49. The first-order valence-electron chi connectivity index (χ1n) is 14.0. The molecule has 0 aromatic carbocycles. The highest BCUT2D eigenvalue weighted by Crippen LogP contribution is 2.59. The van der Waals surface area contributed by atoms with Crippen molar-refractivity contribution in [1.82, 2.24) is 29.3 Å². The summed E-state index contributed by atoms with van der Waals surface area (Å²) in [5.74, 6) is -0.0209. The molecule has 1 aliphatic carbocycles. The number of sulfonamides is 1. The second-order valence-corrected chi connectivity index (χ2v) is 13.5. The molecule has 0 atom stereocenters. The second-order valence-electron chi connectivity index (χ2n) is 11.8. The number of hydrogen-bond acceptors (Lipinski definition) is 8. The number of anilines is 1. The van der Waals surface area contributed by atoms with E-state index in [4.69, 9.17) is 9.72 Å². The van der Waals surface area contributed by atoms with Gasteiger partial charge in [0, 0.05) is 37.3 Å². The Bertz CT molecular complexity index is 1630. The van der Waals surface area contributed by atoms with Gasteiger partial charge in [-0.3, -0.25) is 9.48 Å². The third kappa shape index (κ3) is 5.11. The molecular weight excluding hydrogens is 575 g/mol. The van der Waals surface area contributed by atoms with E-state index >= 15 is 0 Å². The van der Waals surface area contributed by atoms with Crippen LogP contribution in [0.15, 0.2) is 35.5 Å². The molecule has 11 nitrogen and oxygen atoms in total. The number of aromatic nitrogens is 5. The van der Waals surface area contributed by atoms with Gasteiger partial charge in [-0.1, -0.05) is 0 Å². The molecule has 0 radical (unpaired) electrons. The number of pyridine rings is 1. The van der Waals surface area contributed by atoms with Gasteiger partial charge in [-0.05, 0) is 64.5 Å². The zero-order chi connectivity index (χ0) is 29.9. The smallest absolute Gasteiger partial charge is 0.394 e. The molecule has 5 heterocycles. The van der Waals surface area contributed by atoms with Crippen LogP contribution < -0.4 is 14.4 Å². The Morgan fingerprint density at radius 1 is 1.10 bits per heavy atom. The Morgan fingerprint density at radius 3 is 2.60 bits per heavy atom. The minimum atomic E-state index is -4.25. The molecule has 1 fully saturated rings. The average molecular weight is 608 g/mol. The lowest BCUT2D eigenvalue weighted by molar-refractivity contribution is -0.190. The summed E-state index contributed by atoms with van der Waals surface area (Å²) in [6.07, 6.45) is 1.55. The first kappa shape index (κ1) is 28.5. The van der Waals surface area contributed by atoms with Crippen LogP contribution >= 0.6 is 0 Å². The number of carbonyl (C=O) groups excluding carboxylic acids is 1. The zero-order valence-corrected chi connectivity index (χ0v) is 24.1. The summed E-state index contributed by atoms with van der Waals surface area (Å²) in [4.78, 5) is 20.2. The van der Waals surface area contributed by atoms with Gasteiger partial charge in [0.2, 0.25) is 5.88 Å². The van der Waals surface area contributed by atoms with Gasteiger partial charge >= 0.3 is 6.18 Å². The maximum atomic E-state index is 13.4. The van der Waals surface area contributed by atoms with Crippen LogP contribution in [0.4, 0.5) is 19.0 Å². The average Bonchev–Trinajstić information content (AvgIpc) is 3.39. The van der Waals surface area contributed by atoms with Crippen LogP contribution in [-0.4, -0.2) is 63.7 Å². The van der Waals surface area contributed by atoms with E-state index < -0.39 is 33.1 Å². The Kier molecular flexibility index (Phi) is 6.78. The summed E-state index contributed by atoms with van der Waals surface area (Å²) in [6, 6.07) is 4.58. The predicted molar refractivity (Wildman–Crippen MR) is 145 cm³/mol. The lowest BCUT2D eigenvalue weighted by atomic mass is 9.93. The van der Waals surface area contributed by atoms with Crippen LogP contribution in [0.3, 0.4) is 0 Å². The van der Waals surface area contributed by atoms with Crippen molar-refractivity contribution in [3.05, 3.63) is 41.9 Å². The fourth-order valence-electron chi connectivity index (χ4n) is 5.77. The number of rotatable bonds is 5. The molecule has 0 unspecified atom stereocenters. The zero-order valence-electron chi connectivity index (χ0n) is 23.3. The van der Waals surface area contributed by atoms with Gasteiger partial charge in [0.05, 0.1) is 29.5 Å². The minimum absolute atomic E-state index is 0.00983. The topological polar surface area (TPSA) is 124 Å². The number of nitrogens with zero attached hydrogens (tertiary/aromatic N) is 6.